The molecule has 1 N–H and O–H groups in total. The van der Waals surface area contributed by atoms with Crippen LogP contribution in [0.5, 0.6) is 5.75 Å². The van der Waals surface area contributed by atoms with Gasteiger partial charge in [0.2, 0.25) is 0 Å². The van der Waals surface area contributed by atoms with Gasteiger partial charge in [0, 0.05) is 12.1 Å². The van der Waals surface area contributed by atoms with Crippen LogP contribution in [0.2, 0.25) is 0 Å². The average molecular weight is 488 g/mol. The highest BCUT2D eigenvalue weighted by Crippen LogP contribution is 2.42. The smallest absolute Gasteiger partial charge is 0.295 e. The maximum Gasteiger partial charge on any atom is 0.295 e. The predicted molar refractivity (Wildman–Crippen MR) is 137 cm³/mol. The Morgan fingerprint density at radius 2 is 1.75 bits per heavy atom. The molecule has 186 valence electrons. The average Bonchev–Trinajstić information content (AvgIpc) is 3.09. The third kappa shape index (κ3) is 4.63. The molecule has 6 heteroatoms. The van der Waals surface area contributed by atoms with Crippen molar-refractivity contribution in [1.82, 2.24) is 4.90 Å². The van der Waals surface area contributed by atoms with Crippen LogP contribution in [-0.4, -0.2) is 28.8 Å². The van der Waals surface area contributed by atoms with Crippen molar-refractivity contribution in [2.45, 2.75) is 46.2 Å². The SMILES string of the molecule is COc1cc(C)c(/C(O)=C2\C(=O)C(=O)N(Cc3ccc(F)cc3)C2c2cccc(C)c2)cc1C(C)C. The third-order valence-electron chi connectivity index (χ3n) is 6.62. The van der Waals surface area contributed by atoms with Crippen molar-refractivity contribution in [3.05, 3.63) is 105 Å². The number of Topliss-reactive ketones (excluding diaryl/α,β-unsaturated/α-hetero) is 1. The van der Waals surface area contributed by atoms with Gasteiger partial charge < -0.3 is 14.7 Å². The lowest BCUT2D eigenvalue weighted by Gasteiger charge is -2.26. The minimum absolute atomic E-state index is 0.0377. The molecule has 36 heavy (non-hydrogen) atoms. The van der Waals surface area contributed by atoms with Crippen molar-refractivity contribution in [2.75, 3.05) is 7.11 Å². The number of amides is 1. The predicted octanol–water partition coefficient (Wildman–Crippen LogP) is 6.20. The first-order chi connectivity index (χ1) is 17.1. The largest absolute Gasteiger partial charge is 0.507 e. The minimum Gasteiger partial charge on any atom is -0.507 e. The van der Waals surface area contributed by atoms with Crippen LogP contribution in [0.1, 0.15) is 59.2 Å². The molecule has 1 aliphatic rings. The number of hydrogen-bond donors (Lipinski definition) is 1. The molecule has 1 unspecified atom stereocenters. The first-order valence-corrected chi connectivity index (χ1v) is 11.9. The van der Waals surface area contributed by atoms with Crippen LogP contribution in [-0.2, 0) is 16.1 Å². The molecule has 1 atom stereocenters. The number of methoxy groups -OCH3 is 1. The van der Waals surface area contributed by atoms with E-state index in [2.05, 4.69) is 0 Å². The van der Waals surface area contributed by atoms with E-state index in [4.69, 9.17) is 4.74 Å². The van der Waals surface area contributed by atoms with E-state index in [1.54, 1.807) is 19.2 Å². The minimum atomic E-state index is -0.793. The number of carbonyl (C=O) groups is 2. The van der Waals surface area contributed by atoms with Crippen LogP contribution in [0.25, 0.3) is 5.76 Å². The van der Waals surface area contributed by atoms with E-state index in [1.807, 2.05) is 64.1 Å². The number of aliphatic hydroxyl groups excluding tert-OH is 1. The van der Waals surface area contributed by atoms with Crippen LogP contribution in [0.15, 0.2) is 66.2 Å². The quantitative estimate of drug-likeness (QED) is 0.256. The van der Waals surface area contributed by atoms with Crippen molar-refractivity contribution >= 4 is 17.4 Å². The van der Waals surface area contributed by atoms with Gasteiger partial charge in [-0.1, -0.05) is 55.8 Å². The van der Waals surface area contributed by atoms with Crippen molar-refractivity contribution in [1.29, 1.82) is 0 Å². The fourth-order valence-electron chi connectivity index (χ4n) is 4.74. The van der Waals surface area contributed by atoms with E-state index < -0.39 is 17.7 Å². The number of ether oxygens (including phenoxy) is 1. The van der Waals surface area contributed by atoms with E-state index in [-0.39, 0.29) is 29.6 Å². The summed E-state index contributed by atoms with van der Waals surface area (Å²) >= 11 is 0. The summed E-state index contributed by atoms with van der Waals surface area (Å²) in [6, 6.07) is 16.2. The summed E-state index contributed by atoms with van der Waals surface area (Å²) in [6.07, 6.45) is 0. The maximum absolute atomic E-state index is 13.5. The van der Waals surface area contributed by atoms with E-state index >= 15 is 0 Å². The van der Waals surface area contributed by atoms with Gasteiger partial charge in [-0.3, -0.25) is 9.59 Å². The molecule has 4 rings (SSSR count). The fourth-order valence-corrected chi connectivity index (χ4v) is 4.74. The standard InChI is InChI=1S/C30H30FNO4/c1-17(2)23-15-24(19(4)14-25(23)36-5)28(33)26-27(21-8-6-7-18(3)13-21)32(30(35)29(26)34)16-20-9-11-22(31)12-10-20/h6-15,17,27,33H,16H2,1-5H3/b28-26+. The molecule has 0 saturated carbocycles. The summed E-state index contributed by atoms with van der Waals surface area (Å²) < 4.78 is 19.0. The summed E-state index contributed by atoms with van der Waals surface area (Å²) in [6.45, 7) is 7.89. The number of likely N-dealkylation sites (tertiary alicyclic amines) is 1. The fraction of sp³-hybridized carbons (Fsp3) is 0.267. The van der Waals surface area contributed by atoms with Gasteiger partial charge in [-0.05, 0) is 66.3 Å². The zero-order valence-corrected chi connectivity index (χ0v) is 21.1. The number of halogens is 1. The highest BCUT2D eigenvalue weighted by atomic mass is 19.1. The van der Waals surface area contributed by atoms with E-state index in [1.165, 1.54) is 17.0 Å². The summed E-state index contributed by atoms with van der Waals surface area (Å²) in [5.74, 6) is -1.24. The van der Waals surface area contributed by atoms with E-state index in [9.17, 15) is 19.1 Å². The summed E-state index contributed by atoms with van der Waals surface area (Å²) in [5.41, 5.74) is 4.49. The zero-order valence-electron chi connectivity index (χ0n) is 21.1. The second-order valence-electron chi connectivity index (χ2n) is 9.53. The topological polar surface area (TPSA) is 66.8 Å². The highest BCUT2D eigenvalue weighted by Gasteiger charge is 2.46. The van der Waals surface area contributed by atoms with Gasteiger partial charge in [0.1, 0.15) is 17.3 Å². The normalized spacial score (nSPS) is 17.2. The Morgan fingerprint density at radius 1 is 1.06 bits per heavy atom. The molecule has 3 aromatic carbocycles. The molecule has 3 aromatic rings. The molecule has 0 bridgehead atoms. The van der Waals surface area contributed by atoms with Gasteiger partial charge in [-0.2, -0.15) is 0 Å². The molecule has 0 spiro atoms. The Kier molecular flexibility index (Phi) is 6.97. The highest BCUT2D eigenvalue weighted by molar-refractivity contribution is 6.46. The van der Waals surface area contributed by atoms with Gasteiger partial charge in [-0.15, -0.1) is 0 Å². The molecule has 5 nitrogen and oxygen atoms in total. The number of nitrogens with zero attached hydrogens (tertiary/aromatic N) is 1. The molecule has 1 fully saturated rings. The number of aliphatic hydroxyl groups is 1. The Morgan fingerprint density at radius 3 is 2.36 bits per heavy atom. The lowest BCUT2D eigenvalue weighted by Crippen LogP contribution is -2.29. The number of ketones is 1. The molecule has 1 heterocycles. The Hall–Kier alpha value is -3.93. The zero-order chi connectivity index (χ0) is 26.1. The number of rotatable bonds is 6. The first kappa shape index (κ1) is 25.2. The lowest BCUT2D eigenvalue weighted by molar-refractivity contribution is -0.140. The van der Waals surface area contributed by atoms with Crippen molar-refractivity contribution < 1.29 is 23.8 Å². The maximum atomic E-state index is 13.5. The number of benzene rings is 3. The van der Waals surface area contributed by atoms with E-state index in [0.717, 1.165) is 16.7 Å². The van der Waals surface area contributed by atoms with Gasteiger partial charge in [0.25, 0.3) is 11.7 Å². The van der Waals surface area contributed by atoms with Crippen molar-refractivity contribution in [3.63, 3.8) is 0 Å². The van der Waals surface area contributed by atoms with Crippen LogP contribution in [0, 0.1) is 19.7 Å². The molecule has 0 radical (unpaired) electrons. The molecule has 1 saturated heterocycles. The Balaban J connectivity index is 1.91. The van der Waals surface area contributed by atoms with Crippen LogP contribution < -0.4 is 4.74 Å². The number of aryl methyl sites for hydroxylation is 2. The molecule has 0 aromatic heterocycles. The summed E-state index contributed by atoms with van der Waals surface area (Å²) in [7, 11) is 1.60. The first-order valence-electron chi connectivity index (χ1n) is 11.9. The Bertz CT molecular complexity index is 1360. The van der Waals surface area contributed by atoms with Crippen LogP contribution in [0.3, 0.4) is 0 Å². The van der Waals surface area contributed by atoms with Crippen molar-refractivity contribution in [3.8, 4) is 5.75 Å². The van der Waals surface area contributed by atoms with E-state index in [0.29, 0.717) is 22.4 Å². The Labute approximate surface area is 210 Å². The van der Waals surface area contributed by atoms with Crippen molar-refractivity contribution in [2.24, 2.45) is 0 Å². The summed E-state index contributed by atoms with van der Waals surface area (Å²) in [5, 5.41) is 11.6. The summed E-state index contributed by atoms with van der Waals surface area (Å²) in [4.78, 5) is 28.1. The lowest BCUT2D eigenvalue weighted by atomic mass is 9.90. The molecule has 1 amide bonds. The molecular weight excluding hydrogens is 457 g/mol. The van der Waals surface area contributed by atoms with Gasteiger partial charge in [0.05, 0.1) is 18.7 Å². The molecule has 1 aliphatic heterocycles. The van der Waals surface area contributed by atoms with Gasteiger partial charge >= 0.3 is 0 Å². The number of hydrogen-bond acceptors (Lipinski definition) is 4. The monoisotopic (exact) mass is 487 g/mol. The molecular formula is C30H30FNO4. The molecule has 0 aliphatic carbocycles. The van der Waals surface area contributed by atoms with Crippen LogP contribution in [0.4, 0.5) is 4.39 Å². The van der Waals surface area contributed by atoms with Gasteiger partial charge in [0.15, 0.2) is 0 Å². The second kappa shape index (κ2) is 9.97. The second-order valence-corrected chi connectivity index (χ2v) is 9.53. The third-order valence-corrected chi connectivity index (χ3v) is 6.62. The number of carbonyl (C=O) groups excluding carboxylic acids is 2. The van der Waals surface area contributed by atoms with Gasteiger partial charge in [-0.25, -0.2) is 4.39 Å². The van der Waals surface area contributed by atoms with Crippen LogP contribution >= 0.6 is 0 Å².